The zero-order chi connectivity index (χ0) is 15.7. The lowest BCUT2D eigenvalue weighted by molar-refractivity contribution is 0.0509. The van der Waals surface area contributed by atoms with Crippen molar-refractivity contribution < 1.29 is 14.7 Å². The molecule has 5 nitrogen and oxygen atoms in total. The summed E-state index contributed by atoms with van der Waals surface area (Å²) in [5.74, 6) is 0.162. The quantitative estimate of drug-likeness (QED) is 0.652. The third kappa shape index (κ3) is 2.29. The molecule has 0 atom stereocenters. The SMILES string of the molecule is CCSc1ccc2c3c(cccc13)C(=O)N(NCCO)C2=O. The summed E-state index contributed by atoms with van der Waals surface area (Å²) in [7, 11) is 0. The normalized spacial score (nSPS) is 14.0. The zero-order valence-corrected chi connectivity index (χ0v) is 12.9. The van der Waals surface area contributed by atoms with E-state index in [0.717, 1.165) is 26.4 Å². The van der Waals surface area contributed by atoms with Gasteiger partial charge >= 0.3 is 0 Å². The molecule has 0 spiro atoms. The number of nitrogens with zero attached hydrogens (tertiary/aromatic N) is 1. The highest BCUT2D eigenvalue weighted by atomic mass is 32.2. The lowest BCUT2D eigenvalue weighted by Gasteiger charge is -2.27. The Labute approximate surface area is 132 Å². The van der Waals surface area contributed by atoms with Gasteiger partial charge in [-0.05, 0) is 29.3 Å². The summed E-state index contributed by atoms with van der Waals surface area (Å²) < 4.78 is 0. The standard InChI is InChI=1S/C16H16N2O3S/c1-2-22-13-7-6-12-14-10(13)4-3-5-11(14)15(20)18(16(12)21)17-8-9-19/h3-7,17,19H,2,8-9H2,1H3. The summed E-state index contributed by atoms with van der Waals surface area (Å²) in [5.41, 5.74) is 3.69. The van der Waals surface area contributed by atoms with E-state index in [1.54, 1.807) is 23.9 Å². The zero-order valence-electron chi connectivity index (χ0n) is 12.1. The van der Waals surface area contributed by atoms with Crippen molar-refractivity contribution in [2.75, 3.05) is 18.9 Å². The molecule has 2 aromatic carbocycles. The van der Waals surface area contributed by atoms with E-state index in [1.807, 2.05) is 18.2 Å². The van der Waals surface area contributed by atoms with E-state index in [2.05, 4.69) is 12.3 Å². The van der Waals surface area contributed by atoms with Gasteiger partial charge in [-0.3, -0.25) is 9.59 Å². The molecule has 0 saturated carbocycles. The molecule has 1 aliphatic heterocycles. The first-order valence-electron chi connectivity index (χ1n) is 7.10. The molecule has 1 heterocycles. The summed E-state index contributed by atoms with van der Waals surface area (Å²) in [6.45, 7) is 2.06. The lowest BCUT2D eigenvalue weighted by Crippen LogP contribution is -2.50. The van der Waals surface area contributed by atoms with Crippen LogP contribution >= 0.6 is 11.8 Å². The van der Waals surface area contributed by atoms with Gasteiger partial charge < -0.3 is 5.11 Å². The summed E-state index contributed by atoms with van der Waals surface area (Å²) in [5, 5.41) is 11.5. The fourth-order valence-corrected chi connectivity index (χ4v) is 3.46. The Morgan fingerprint density at radius 3 is 2.55 bits per heavy atom. The Morgan fingerprint density at radius 2 is 1.86 bits per heavy atom. The van der Waals surface area contributed by atoms with Crippen LogP contribution in [-0.2, 0) is 0 Å². The summed E-state index contributed by atoms with van der Waals surface area (Å²) >= 11 is 1.69. The molecule has 0 aliphatic carbocycles. The monoisotopic (exact) mass is 316 g/mol. The second kappa shape index (κ2) is 6.08. The number of carbonyl (C=O) groups excluding carboxylic acids is 2. The van der Waals surface area contributed by atoms with Gasteiger partial charge in [0.05, 0.1) is 17.7 Å². The maximum atomic E-state index is 12.5. The highest BCUT2D eigenvalue weighted by Crippen LogP contribution is 2.35. The minimum Gasteiger partial charge on any atom is -0.395 e. The Kier molecular flexibility index (Phi) is 4.15. The molecule has 114 valence electrons. The number of hydrogen-bond donors (Lipinski definition) is 2. The fourth-order valence-electron chi connectivity index (χ4n) is 2.66. The minimum absolute atomic E-state index is 0.145. The molecular formula is C16H16N2O3S. The highest BCUT2D eigenvalue weighted by Gasteiger charge is 2.33. The number of thioether (sulfide) groups is 1. The minimum atomic E-state index is -0.379. The Morgan fingerprint density at radius 1 is 1.14 bits per heavy atom. The molecule has 2 aromatic rings. The first kappa shape index (κ1) is 15.0. The molecule has 3 rings (SSSR count). The van der Waals surface area contributed by atoms with E-state index in [-0.39, 0.29) is 25.0 Å². The van der Waals surface area contributed by atoms with Gasteiger partial charge in [-0.15, -0.1) is 11.8 Å². The molecule has 0 radical (unpaired) electrons. The van der Waals surface area contributed by atoms with Crippen molar-refractivity contribution in [2.45, 2.75) is 11.8 Å². The van der Waals surface area contributed by atoms with E-state index in [1.165, 1.54) is 0 Å². The van der Waals surface area contributed by atoms with Crippen LogP contribution in [0.3, 0.4) is 0 Å². The first-order valence-corrected chi connectivity index (χ1v) is 8.09. The number of aliphatic hydroxyl groups is 1. The molecule has 2 N–H and O–H groups in total. The van der Waals surface area contributed by atoms with Crippen LogP contribution in [0.25, 0.3) is 10.8 Å². The van der Waals surface area contributed by atoms with E-state index in [0.29, 0.717) is 11.1 Å². The van der Waals surface area contributed by atoms with Crippen LogP contribution in [0.5, 0.6) is 0 Å². The number of imide groups is 1. The number of rotatable bonds is 5. The van der Waals surface area contributed by atoms with Crippen molar-refractivity contribution in [1.29, 1.82) is 0 Å². The van der Waals surface area contributed by atoms with E-state index >= 15 is 0 Å². The summed E-state index contributed by atoms with van der Waals surface area (Å²) in [6.07, 6.45) is 0. The molecule has 2 amide bonds. The summed E-state index contributed by atoms with van der Waals surface area (Å²) in [4.78, 5) is 26.2. The average Bonchev–Trinajstić information content (AvgIpc) is 2.53. The second-order valence-electron chi connectivity index (χ2n) is 4.85. The van der Waals surface area contributed by atoms with E-state index in [4.69, 9.17) is 5.11 Å². The molecule has 0 aromatic heterocycles. The van der Waals surface area contributed by atoms with Crippen LogP contribution in [0.15, 0.2) is 35.2 Å². The van der Waals surface area contributed by atoms with Crippen molar-refractivity contribution in [3.05, 3.63) is 41.5 Å². The van der Waals surface area contributed by atoms with Gasteiger partial charge in [0.2, 0.25) is 0 Å². The van der Waals surface area contributed by atoms with E-state index < -0.39 is 0 Å². The highest BCUT2D eigenvalue weighted by molar-refractivity contribution is 7.99. The third-order valence-electron chi connectivity index (χ3n) is 3.55. The Balaban J connectivity index is 2.19. The number of hydrogen-bond acceptors (Lipinski definition) is 5. The van der Waals surface area contributed by atoms with E-state index in [9.17, 15) is 9.59 Å². The van der Waals surface area contributed by atoms with Crippen molar-refractivity contribution >= 4 is 34.3 Å². The Bertz CT molecular complexity index is 738. The van der Waals surface area contributed by atoms with Crippen LogP contribution < -0.4 is 5.43 Å². The van der Waals surface area contributed by atoms with Gasteiger partial charge in [0.15, 0.2) is 0 Å². The van der Waals surface area contributed by atoms with Gasteiger partial charge in [-0.1, -0.05) is 19.1 Å². The van der Waals surface area contributed by atoms with Crippen molar-refractivity contribution in [1.82, 2.24) is 10.4 Å². The molecule has 0 unspecified atom stereocenters. The van der Waals surface area contributed by atoms with Crippen molar-refractivity contribution in [2.24, 2.45) is 0 Å². The van der Waals surface area contributed by atoms with Crippen molar-refractivity contribution in [3.63, 3.8) is 0 Å². The number of nitrogens with one attached hydrogen (secondary N) is 1. The van der Waals surface area contributed by atoms with Crippen LogP contribution in [-0.4, -0.2) is 40.8 Å². The predicted molar refractivity (Wildman–Crippen MR) is 85.9 cm³/mol. The molecule has 1 aliphatic rings. The number of benzene rings is 2. The topological polar surface area (TPSA) is 69.6 Å². The predicted octanol–water partition coefficient (Wildman–Crippen LogP) is 2.04. The van der Waals surface area contributed by atoms with Crippen LogP contribution in [0.1, 0.15) is 27.6 Å². The van der Waals surface area contributed by atoms with Gasteiger partial charge in [-0.25, -0.2) is 10.4 Å². The van der Waals surface area contributed by atoms with Crippen LogP contribution in [0.4, 0.5) is 0 Å². The first-order chi connectivity index (χ1) is 10.7. The third-order valence-corrected chi connectivity index (χ3v) is 4.50. The molecular weight excluding hydrogens is 300 g/mol. The maximum absolute atomic E-state index is 12.5. The van der Waals surface area contributed by atoms with Gasteiger partial charge in [0.1, 0.15) is 0 Å². The molecule has 0 saturated heterocycles. The van der Waals surface area contributed by atoms with Crippen molar-refractivity contribution in [3.8, 4) is 0 Å². The van der Waals surface area contributed by atoms with Gasteiger partial charge in [0.25, 0.3) is 11.8 Å². The van der Waals surface area contributed by atoms with Gasteiger partial charge in [0, 0.05) is 16.8 Å². The Hall–Kier alpha value is -1.89. The van der Waals surface area contributed by atoms with Gasteiger partial charge in [-0.2, -0.15) is 0 Å². The lowest BCUT2D eigenvalue weighted by atomic mass is 9.95. The number of carbonyl (C=O) groups is 2. The molecule has 6 heteroatoms. The molecule has 0 fully saturated rings. The fraction of sp³-hybridized carbons (Fsp3) is 0.250. The number of amides is 2. The second-order valence-corrected chi connectivity index (χ2v) is 6.16. The largest absolute Gasteiger partial charge is 0.395 e. The van der Waals surface area contributed by atoms with Crippen LogP contribution in [0, 0.1) is 0 Å². The average molecular weight is 316 g/mol. The molecule has 22 heavy (non-hydrogen) atoms. The van der Waals surface area contributed by atoms with Crippen LogP contribution in [0.2, 0.25) is 0 Å². The molecule has 0 bridgehead atoms. The maximum Gasteiger partial charge on any atom is 0.275 e. The summed E-state index contributed by atoms with van der Waals surface area (Å²) in [6, 6.07) is 9.20. The number of aliphatic hydroxyl groups excluding tert-OH is 1. The smallest absolute Gasteiger partial charge is 0.275 e. The number of hydrazine groups is 1.